The van der Waals surface area contributed by atoms with E-state index in [4.69, 9.17) is 9.15 Å². The number of nitrogens with zero attached hydrogens (tertiary/aromatic N) is 2. The first-order valence-corrected chi connectivity index (χ1v) is 8.54. The van der Waals surface area contributed by atoms with Gasteiger partial charge in [0.1, 0.15) is 5.76 Å². The van der Waals surface area contributed by atoms with Crippen LogP contribution >= 0.6 is 0 Å². The summed E-state index contributed by atoms with van der Waals surface area (Å²) in [6, 6.07) is 7.15. The van der Waals surface area contributed by atoms with Crippen LogP contribution in [0, 0.1) is 0 Å². The molecule has 3 heterocycles. The van der Waals surface area contributed by atoms with Crippen molar-refractivity contribution in [1.82, 2.24) is 20.5 Å². The molecule has 1 saturated heterocycles. The monoisotopic (exact) mass is 358 g/mol. The van der Waals surface area contributed by atoms with Gasteiger partial charge in [0.2, 0.25) is 0 Å². The zero-order valence-corrected chi connectivity index (χ0v) is 14.4. The van der Waals surface area contributed by atoms with Crippen LogP contribution in [0.4, 0.5) is 0 Å². The molecule has 1 atom stereocenters. The van der Waals surface area contributed by atoms with Crippen LogP contribution in [-0.2, 0) is 20.9 Å². The number of hydrogen-bond acceptors (Lipinski definition) is 6. The number of amides is 2. The molecule has 8 nitrogen and oxygen atoms in total. The number of rotatable bonds is 6. The highest BCUT2D eigenvalue weighted by Gasteiger charge is 2.26. The molecule has 138 valence electrons. The van der Waals surface area contributed by atoms with Crippen molar-refractivity contribution in [2.24, 2.45) is 0 Å². The van der Waals surface area contributed by atoms with Gasteiger partial charge >= 0.3 is 11.8 Å². The highest BCUT2D eigenvalue weighted by Crippen LogP contribution is 2.21. The number of hydrogen-bond donors (Lipinski definition) is 2. The predicted molar refractivity (Wildman–Crippen MR) is 92.9 cm³/mol. The van der Waals surface area contributed by atoms with Crippen molar-refractivity contribution in [2.45, 2.75) is 12.6 Å². The maximum Gasteiger partial charge on any atom is 0.309 e. The van der Waals surface area contributed by atoms with Crippen LogP contribution in [0.1, 0.15) is 17.4 Å². The van der Waals surface area contributed by atoms with E-state index in [0.717, 1.165) is 24.4 Å². The molecule has 0 bridgehead atoms. The van der Waals surface area contributed by atoms with Crippen LogP contribution in [0.2, 0.25) is 0 Å². The number of morpholine rings is 1. The Balaban J connectivity index is 1.52. The van der Waals surface area contributed by atoms with Crippen molar-refractivity contribution in [2.75, 3.05) is 32.8 Å². The standard InChI is InChI=1S/C18H22N4O4/c23-17(20-12-14-3-1-5-19-11-14)18(24)21-13-15(16-4-2-8-26-16)22-6-9-25-10-7-22/h1-5,8,11,15H,6-7,9-10,12-13H2,(H,20,23)(H,21,24)/t15-/m1/s1. The van der Waals surface area contributed by atoms with Crippen molar-refractivity contribution in [3.8, 4) is 0 Å². The second-order valence-corrected chi connectivity index (χ2v) is 5.93. The lowest BCUT2D eigenvalue weighted by atomic mass is 10.1. The second kappa shape index (κ2) is 9.12. The van der Waals surface area contributed by atoms with E-state index >= 15 is 0 Å². The summed E-state index contributed by atoms with van der Waals surface area (Å²) in [5, 5.41) is 5.28. The Kier molecular flexibility index (Phi) is 6.34. The zero-order valence-electron chi connectivity index (χ0n) is 14.4. The normalized spacial score (nSPS) is 16.0. The minimum absolute atomic E-state index is 0.135. The van der Waals surface area contributed by atoms with Gasteiger partial charge in [-0.2, -0.15) is 0 Å². The first-order chi connectivity index (χ1) is 12.7. The lowest BCUT2D eigenvalue weighted by molar-refractivity contribution is -0.139. The van der Waals surface area contributed by atoms with E-state index in [2.05, 4.69) is 20.5 Å². The third-order valence-corrected chi connectivity index (χ3v) is 4.20. The molecule has 1 aliphatic heterocycles. The molecule has 3 rings (SSSR count). The van der Waals surface area contributed by atoms with Crippen molar-refractivity contribution >= 4 is 11.8 Å². The van der Waals surface area contributed by atoms with Gasteiger partial charge in [-0.05, 0) is 23.8 Å². The van der Waals surface area contributed by atoms with E-state index in [9.17, 15) is 9.59 Å². The number of aromatic nitrogens is 1. The predicted octanol–water partition coefficient (Wildman–Crippen LogP) is 0.480. The Hall–Kier alpha value is -2.71. The van der Waals surface area contributed by atoms with E-state index in [-0.39, 0.29) is 19.1 Å². The molecule has 1 fully saturated rings. The summed E-state index contributed by atoms with van der Waals surface area (Å²) in [5.74, 6) is -0.587. The van der Waals surface area contributed by atoms with Gasteiger partial charge in [-0.25, -0.2) is 0 Å². The quantitative estimate of drug-likeness (QED) is 0.729. The molecule has 0 radical (unpaired) electrons. The lowest BCUT2D eigenvalue weighted by Crippen LogP contribution is -2.46. The second-order valence-electron chi connectivity index (χ2n) is 5.93. The number of furan rings is 1. The van der Waals surface area contributed by atoms with Crippen LogP contribution in [0.3, 0.4) is 0 Å². The molecule has 2 aromatic heterocycles. The van der Waals surface area contributed by atoms with Gasteiger partial charge in [0.15, 0.2) is 0 Å². The highest BCUT2D eigenvalue weighted by atomic mass is 16.5. The fourth-order valence-corrected chi connectivity index (χ4v) is 2.81. The van der Waals surface area contributed by atoms with Crippen LogP contribution in [0.5, 0.6) is 0 Å². The SMILES string of the molecule is O=C(NCc1cccnc1)C(=O)NC[C@H](c1ccco1)N1CCOCC1. The Morgan fingerprint density at radius 1 is 1.15 bits per heavy atom. The molecule has 8 heteroatoms. The minimum atomic E-state index is -0.672. The zero-order chi connectivity index (χ0) is 18.2. The number of ether oxygens (including phenoxy) is 1. The molecule has 26 heavy (non-hydrogen) atoms. The number of pyridine rings is 1. The van der Waals surface area contributed by atoms with E-state index < -0.39 is 11.8 Å². The van der Waals surface area contributed by atoms with Crippen molar-refractivity contribution in [3.05, 3.63) is 54.2 Å². The van der Waals surface area contributed by atoms with E-state index in [1.165, 1.54) is 0 Å². The molecule has 0 aromatic carbocycles. The fraction of sp³-hybridized carbons (Fsp3) is 0.389. The van der Waals surface area contributed by atoms with Gasteiger partial charge in [0.05, 0.1) is 25.5 Å². The van der Waals surface area contributed by atoms with Gasteiger partial charge in [-0.1, -0.05) is 6.07 Å². The molecular weight excluding hydrogens is 336 g/mol. The van der Waals surface area contributed by atoms with Crippen LogP contribution in [0.25, 0.3) is 0 Å². The van der Waals surface area contributed by atoms with Gasteiger partial charge in [0.25, 0.3) is 0 Å². The average molecular weight is 358 g/mol. The Labute approximate surface area is 151 Å². The largest absolute Gasteiger partial charge is 0.468 e. The Bertz CT molecular complexity index is 699. The molecule has 0 aliphatic carbocycles. The summed E-state index contributed by atoms with van der Waals surface area (Å²) in [6.45, 7) is 3.30. The highest BCUT2D eigenvalue weighted by molar-refractivity contribution is 6.35. The van der Waals surface area contributed by atoms with Crippen molar-refractivity contribution in [1.29, 1.82) is 0 Å². The van der Waals surface area contributed by atoms with Crippen molar-refractivity contribution < 1.29 is 18.7 Å². The van der Waals surface area contributed by atoms with Crippen molar-refractivity contribution in [3.63, 3.8) is 0 Å². The van der Waals surface area contributed by atoms with Gasteiger partial charge in [-0.15, -0.1) is 0 Å². The third kappa shape index (κ3) is 4.90. The van der Waals surface area contributed by atoms with Crippen LogP contribution in [0.15, 0.2) is 47.3 Å². The van der Waals surface area contributed by atoms with Crippen LogP contribution < -0.4 is 10.6 Å². The Morgan fingerprint density at radius 2 is 1.96 bits per heavy atom. The van der Waals surface area contributed by atoms with E-state index in [1.54, 1.807) is 24.7 Å². The first kappa shape index (κ1) is 18.1. The molecule has 2 N–H and O–H groups in total. The minimum Gasteiger partial charge on any atom is -0.468 e. The average Bonchev–Trinajstić information content (AvgIpc) is 3.22. The number of nitrogens with one attached hydrogen (secondary N) is 2. The van der Waals surface area contributed by atoms with E-state index in [0.29, 0.717) is 13.2 Å². The smallest absolute Gasteiger partial charge is 0.309 e. The van der Waals surface area contributed by atoms with Gasteiger partial charge < -0.3 is 19.8 Å². The lowest BCUT2D eigenvalue weighted by Gasteiger charge is -2.33. The Morgan fingerprint density at radius 3 is 2.65 bits per heavy atom. The summed E-state index contributed by atoms with van der Waals surface area (Å²) in [4.78, 5) is 30.2. The summed E-state index contributed by atoms with van der Waals surface area (Å²) in [7, 11) is 0. The molecule has 0 saturated carbocycles. The molecule has 1 aliphatic rings. The first-order valence-electron chi connectivity index (χ1n) is 8.54. The summed E-state index contributed by atoms with van der Waals surface area (Å²) in [5.41, 5.74) is 0.829. The molecule has 2 aromatic rings. The maximum atomic E-state index is 12.1. The van der Waals surface area contributed by atoms with E-state index in [1.807, 2.05) is 18.2 Å². The topological polar surface area (TPSA) is 96.7 Å². The summed E-state index contributed by atoms with van der Waals surface area (Å²) >= 11 is 0. The molecule has 2 amide bonds. The summed E-state index contributed by atoms with van der Waals surface area (Å²) < 4.78 is 10.9. The molecule has 0 unspecified atom stereocenters. The number of carbonyl (C=O) groups excluding carboxylic acids is 2. The van der Waals surface area contributed by atoms with Gasteiger partial charge in [0, 0.05) is 38.6 Å². The molecular formula is C18H22N4O4. The summed E-state index contributed by atoms with van der Waals surface area (Å²) in [6.07, 6.45) is 4.90. The molecule has 0 spiro atoms. The fourth-order valence-electron chi connectivity index (χ4n) is 2.81. The van der Waals surface area contributed by atoms with Crippen LogP contribution in [-0.4, -0.2) is 54.5 Å². The number of carbonyl (C=O) groups is 2. The third-order valence-electron chi connectivity index (χ3n) is 4.20. The van der Waals surface area contributed by atoms with Gasteiger partial charge in [-0.3, -0.25) is 19.5 Å². The maximum absolute atomic E-state index is 12.1.